The Morgan fingerprint density at radius 2 is 2.15 bits per heavy atom. The summed E-state index contributed by atoms with van der Waals surface area (Å²) in [7, 11) is 5.26. The Morgan fingerprint density at radius 1 is 1.62 bits per heavy atom. The molecule has 0 spiro atoms. The van der Waals surface area contributed by atoms with Gasteiger partial charge in [-0.1, -0.05) is 0 Å². The second-order valence-corrected chi connectivity index (χ2v) is 3.99. The van der Waals surface area contributed by atoms with Gasteiger partial charge in [0.15, 0.2) is 6.54 Å². The maximum atomic E-state index is 10.5. The molecule has 0 aromatic heterocycles. The Kier molecular flexibility index (Phi) is 5.29. The summed E-state index contributed by atoms with van der Waals surface area (Å²) in [6, 6.07) is 0. The molecule has 13 heavy (non-hydrogen) atoms. The molecule has 0 saturated heterocycles. The van der Waals surface area contributed by atoms with Crippen LogP contribution in [0.15, 0.2) is 0 Å². The predicted molar refractivity (Wildman–Crippen MR) is 51.0 cm³/mol. The third-order valence-electron chi connectivity index (χ3n) is 1.77. The number of carbonyl (C=O) groups is 1. The van der Waals surface area contributed by atoms with Gasteiger partial charge in [-0.15, -0.1) is 11.6 Å². The van der Waals surface area contributed by atoms with Crippen LogP contribution in [0.3, 0.4) is 0 Å². The van der Waals surface area contributed by atoms with E-state index in [1.165, 1.54) is 0 Å². The van der Waals surface area contributed by atoms with Crippen LogP contribution in [0.25, 0.3) is 0 Å². The normalized spacial score (nSPS) is 14.2. The van der Waals surface area contributed by atoms with E-state index in [-0.39, 0.29) is 12.6 Å². The highest BCUT2D eigenvalue weighted by atomic mass is 35.5. The Morgan fingerprint density at radius 3 is 2.46 bits per heavy atom. The fraction of sp³-hybridized carbons (Fsp3) is 0.875. The minimum atomic E-state index is -0.811. The van der Waals surface area contributed by atoms with E-state index in [9.17, 15) is 4.79 Å². The molecular weight excluding hydrogens is 194 g/mol. The molecule has 0 aliphatic heterocycles. The van der Waals surface area contributed by atoms with Gasteiger partial charge in [-0.3, -0.25) is 0 Å². The van der Waals surface area contributed by atoms with Crippen molar-refractivity contribution in [1.82, 2.24) is 0 Å². The summed E-state index contributed by atoms with van der Waals surface area (Å²) in [5, 5.41) is 8.62. The third-order valence-corrected chi connectivity index (χ3v) is 2.11. The molecule has 1 N–H and O–H groups in total. The number of alkyl halides is 1. The number of aliphatic carboxylic acids is 1. The quantitative estimate of drug-likeness (QED) is 0.510. The van der Waals surface area contributed by atoms with Crippen LogP contribution in [-0.4, -0.2) is 61.8 Å². The van der Waals surface area contributed by atoms with Crippen molar-refractivity contribution < 1.29 is 19.1 Å². The van der Waals surface area contributed by atoms with Crippen molar-refractivity contribution in [3.05, 3.63) is 0 Å². The molecular formula is C8H17ClNO3+. The zero-order valence-corrected chi connectivity index (χ0v) is 9.04. The maximum absolute atomic E-state index is 10.5. The van der Waals surface area contributed by atoms with E-state index < -0.39 is 5.97 Å². The minimum Gasteiger partial charge on any atom is -0.477 e. The Hall–Kier alpha value is -0.320. The topological polar surface area (TPSA) is 46.5 Å². The molecule has 0 fully saturated rings. The summed E-state index contributed by atoms with van der Waals surface area (Å²) in [6.45, 7) is 0.684. The molecule has 0 bridgehead atoms. The summed E-state index contributed by atoms with van der Waals surface area (Å²) in [5.41, 5.74) is 0. The average molecular weight is 211 g/mol. The maximum Gasteiger partial charge on any atom is 0.359 e. The molecule has 0 aromatic rings. The lowest BCUT2D eigenvalue weighted by molar-refractivity contribution is -0.885. The average Bonchev–Trinajstić information content (AvgIpc) is 1.97. The number of hydrogen-bond acceptors (Lipinski definition) is 2. The summed E-state index contributed by atoms with van der Waals surface area (Å²) in [5.74, 6) is -0.424. The zero-order valence-electron chi connectivity index (χ0n) is 8.29. The van der Waals surface area contributed by atoms with Crippen molar-refractivity contribution in [2.24, 2.45) is 0 Å². The SMILES string of the molecule is COC(CCl)C[N+](C)(C)CC(=O)O. The van der Waals surface area contributed by atoms with Gasteiger partial charge < -0.3 is 14.3 Å². The van der Waals surface area contributed by atoms with Gasteiger partial charge >= 0.3 is 5.97 Å². The first-order valence-corrected chi connectivity index (χ1v) is 4.57. The van der Waals surface area contributed by atoms with Crippen molar-refractivity contribution in [2.75, 3.05) is 40.2 Å². The van der Waals surface area contributed by atoms with Gasteiger partial charge in [0.1, 0.15) is 12.6 Å². The second kappa shape index (κ2) is 5.42. The van der Waals surface area contributed by atoms with Gasteiger partial charge in [0.25, 0.3) is 0 Å². The summed E-state index contributed by atoms with van der Waals surface area (Å²) in [4.78, 5) is 10.5. The van der Waals surface area contributed by atoms with E-state index in [1.54, 1.807) is 7.11 Å². The van der Waals surface area contributed by atoms with Gasteiger partial charge in [-0.2, -0.15) is 0 Å². The van der Waals surface area contributed by atoms with Crippen LogP contribution in [0, 0.1) is 0 Å². The highest BCUT2D eigenvalue weighted by Gasteiger charge is 2.24. The van der Waals surface area contributed by atoms with Crippen molar-refractivity contribution in [3.63, 3.8) is 0 Å². The first kappa shape index (κ1) is 12.7. The molecule has 0 saturated carbocycles. The van der Waals surface area contributed by atoms with Crippen molar-refractivity contribution >= 4 is 17.6 Å². The van der Waals surface area contributed by atoms with Crippen molar-refractivity contribution in [2.45, 2.75) is 6.10 Å². The lowest BCUT2D eigenvalue weighted by Gasteiger charge is -2.30. The summed E-state index contributed by atoms with van der Waals surface area (Å²) >= 11 is 5.63. The fourth-order valence-electron chi connectivity index (χ4n) is 1.17. The van der Waals surface area contributed by atoms with Crippen molar-refractivity contribution in [3.8, 4) is 0 Å². The van der Waals surface area contributed by atoms with Gasteiger partial charge in [0.2, 0.25) is 0 Å². The first-order valence-electron chi connectivity index (χ1n) is 4.04. The van der Waals surface area contributed by atoms with Gasteiger partial charge in [0, 0.05) is 7.11 Å². The predicted octanol–water partition coefficient (Wildman–Crippen LogP) is 0.401. The molecule has 0 radical (unpaired) electrons. The molecule has 0 rings (SSSR count). The summed E-state index contributed by atoms with van der Waals surface area (Å²) in [6.07, 6.45) is -0.0870. The van der Waals surface area contributed by atoms with E-state index in [2.05, 4.69) is 0 Å². The van der Waals surface area contributed by atoms with Crippen LogP contribution < -0.4 is 0 Å². The largest absolute Gasteiger partial charge is 0.477 e. The lowest BCUT2D eigenvalue weighted by atomic mass is 10.3. The van der Waals surface area contributed by atoms with Crippen molar-refractivity contribution in [1.29, 1.82) is 0 Å². The number of methoxy groups -OCH3 is 1. The van der Waals surface area contributed by atoms with Crippen LogP contribution in [0.2, 0.25) is 0 Å². The number of carboxylic acid groups (broad SMARTS) is 1. The van der Waals surface area contributed by atoms with Gasteiger partial charge in [-0.05, 0) is 0 Å². The number of nitrogens with zero attached hydrogens (tertiary/aromatic N) is 1. The van der Waals surface area contributed by atoms with E-state index >= 15 is 0 Å². The number of hydrogen-bond donors (Lipinski definition) is 1. The number of halogens is 1. The molecule has 1 unspecified atom stereocenters. The molecule has 1 atom stereocenters. The molecule has 5 heteroatoms. The second-order valence-electron chi connectivity index (χ2n) is 3.68. The zero-order chi connectivity index (χ0) is 10.5. The highest BCUT2D eigenvalue weighted by Crippen LogP contribution is 2.03. The monoisotopic (exact) mass is 210 g/mol. The van der Waals surface area contributed by atoms with Crippen LogP contribution >= 0.6 is 11.6 Å². The Balaban J connectivity index is 4.05. The molecule has 0 aliphatic carbocycles. The van der Waals surface area contributed by atoms with E-state index in [1.807, 2.05) is 14.1 Å². The van der Waals surface area contributed by atoms with Crippen LogP contribution in [0.4, 0.5) is 0 Å². The van der Waals surface area contributed by atoms with E-state index in [0.717, 1.165) is 0 Å². The van der Waals surface area contributed by atoms with Crippen LogP contribution in [-0.2, 0) is 9.53 Å². The van der Waals surface area contributed by atoms with E-state index in [4.69, 9.17) is 21.4 Å². The Labute approximate surface area is 83.6 Å². The number of likely N-dealkylation sites (N-methyl/N-ethyl adjacent to an activating group) is 1. The van der Waals surface area contributed by atoms with Gasteiger partial charge in [-0.25, -0.2) is 4.79 Å². The molecule has 4 nitrogen and oxygen atoms in total. The Bertz CT molecular complexity index is 169. The molecule has 0 aromatic carbocycles. The number of rotatable bonds is 6. The first-order chi connectivity index (χ1) is 5.91. The van der Waals surface area contributed by atoms with Crippen LogP contribution in [0.1, 0.15) is 0 Å². The van der Waals surface area contributed by atoms with Gasteiger partial charge in [0.05, 0.1) is 20.0 Å². The molecule has 78 valence electrons. The molecule has 0 aliphatic rings. The standard InChI is InChI=1S/C8H16ClNO3/c1-10(2,6-8(11)12)5-7(4-9)13-3/h7H,4-6H2,1-3H3/p+1. The van der Waals surface area contributed by atoms with E-state index in [0.29, 0.717) is 16.9 Å². The fourth-order valence-corrected chi connectivity index (χ4v) is 1.39. The lowest BCUT2D eigenvalue weighted by Crippen LogP contribution is -2.49. The third kappa shape index (κ3) is 5.85. The minimum absolute atomic E-state index is 0.0801. The van der Waals surface area contributed by atoms with Crippen LogP contribution in [0.5, 0.6) is 0 Å². The highest BCUT2D eigenvalue weighted by molar-refractivity contribution is 6.18. The number of quaternary nitrogens is 1. The molecule has 0 heterocycles. The number of carboxylic acids is 1. The summed E-state index contributed by atoms with van der Waals surface area (Å²) < 4.78 is 5.45. The smallest absolute Gasteiger partial charge is 0.359 e. The molecule has 0 amide bonds. The number of ether oxygens (including phenoxy) is 1.